The molecule has 0 unspecified atom stereocenters. The number of esters is 1. The van der Waals surface area contributed by atoms with Crippen molar-refractivity contribution in [3.8, 4) is 22.4 Å². The zero-order chi connectivity index (χ0) is 25.3. The summed E-state index contributed by atoms with van der Waals surface area (Å²) in [5, 5.41) is 10.3. The maximum absolute atomic E-state index is 13.9. The second-order valence-electron chi connectivity index (χ2n) is 8.28. The summed E-state index contributed by atoms with van der Waals surface area (Å²) in [6.45, 7) is 3.39. The van der Waals surface area contributed by atoms with Gasteiger partial charge in [-0.2, -0.15) is 13.2 Å². The third-order valence-corrected chi connectivity index (χ3v) is 5.68. The van der Waals surface area contributed by atoms with E-state index in [-0.39, 0.29) is 42.2 Å². The fourth-order valence-corrected chi connectivity index (χ4v) is 4.18. The van der Waals surface area contributed by atoms with Crippen molar-refractivity contribution in [1.29, 1.82) is 0 Å². The third-order valence-electron chi connectivity index (χ3n) is 5.68. The van der Waals surface area contributed by atoms with E-state index in [1.165, 1.54) is 17.0 Å². The molecule has 2 aromatic carbocycles. The lowest BCUT2D eigenvalue weighted by Crippen LogP contribution is -2.38. The molecule has 1 N–H and O–H groups in total. The molecule has 0 spiro atoms. The van der Waals surface area contributed by atoms with Crippen molar-refractivity contribution in [2.75, 3.05) is 18.1 Å². The van der Waals surface area contributed by atoms with E-state index in [1.54, 1.807) is 25.1 Å². The second kappa shape index (κ2) is 9.61. The maximum atomic E-state index is 13.9. The number of carbonyl (C=O) groups excluding carboxylic acids is 1. The Morgan fingerprint density at radius 3 is 2.49 bits per heavy atom. The van der Waals surface area contributed by atoms with Crippen LogP contribution < -0.4 is 4.90 Å². The number of aliphatic hydroxyl groups excluding tert-OH is 1. The zero-order valence-corrected chi connectivity index (χ0v) is 19.0. The number of anilines is 1. The molecule has 1 aliphatic rings. The number of aryl methyl sites for hydroxylation is 1. The second-order valence-corrected chi connectivity index (χ2v) is 8.28. The molecule has 3 aromatic rings. The molecule has 184 valence electrons. The molecule has 0 radical (unpaired) electrons. The normalized spacial score (nSPS) is 18.1. The van der Waals surface area contributed by atoms with Gasteiger partial charge in [0.15, 0.2) is 0 Å². The van der Waals surface area contributed by atoms with Crippen LogP contribution in [0.4, 0.5) is 23.4 Å². The molecule has 0 amide bonds. The van der Waals surface area contributed by atoms with E-state index in [4.69, 9.17) is 4.74 Å². The van der Waals surface area contributed by atoms with Gasteiger partial charge >= 0.3 is 12.1 Å². The summed E-state index contributed by atoms with van der Waals surface area (Å²) in [6.07, 6.45) is -5.90. The van der Waals surface area contributed by atoms with Gasteiger partial charge in [-0.25, -0.2) is 19.2 Å². The quantitative estimate of drug-likeness (QED) is 0.411. The molecular formula is C25H23F4N3O3. The van der Waals surface area contributed by atoms with E-state index >= 15 is 0 Å². The van der Waals surface area contributed by atoms with Crippen molar-refractivity contribution in [2.45, 2.75) is 38.6 Å². The number of hydrogen-bond acceptors (Lipinski definition) is 6. The largest absolute Gasteiger partial charge is 0.464 e. The Morgan fingerprint density at radius 2 is 1.86 bits per heavy atom. The summed E-state index contributed by atoms with van der Waals surface area (Å²) >= 11 is 0. The molecule has 10 heteroatoms. The lowest BCUT2D eigenvalue weighted by molar-refractivity contribution is -0.145. The number of ether oxygens (including phenoxy) is 1. The number of hydrogen-bond donors (Lipinski definition) is 1. The van der Waals surface area contributed by atoms with Crippen LogP contribution >= 0.6 is 0 Å². The van der Waals surface area contributed by atoms with Gasteiger partial charge in [-0.05, 0) is 43.7 Å². The molecule has 0 bridgehead atoms. The summed E-state index contributed by atoms with van der Waals surface area (Å²) in [6, 6.07) is 10.9. The lowest BCUT2D eigenvalue weighted by atomic mass is 9.97. The number of β-amino-alcohol motifs (C(OH)–C–C–N with tert-alkyl or cyclic N) is 1. The fourth-order valence-electron chi connectivity index (χ4n) is 4.18. The first kappa shape index (κ1) is 24.6. The Labute approximate surface area is 199 Å². The summed E-state index contributed by atoms with van der Waals surface area (Å²) in [5.74, 6) is -2.80. The summed E-state index contributed by atoms with van der Waals surface area (Å²) in [7, 11) is 0. The first-order chi connectivity index (χ1) is 16.6. The predicted molar refractivity (Wildman–Crippen MR) is 121 cm³/mol. The first-order valence-corrected chi connectivity index (χ1v) is 11.0. The van der Waals surface area contributed by atoms with E-state index in [2.05, 4.69) is 9.97 Å². The highest BCUT2D eigenvalue weighted by atomic mass is 19.4. The lowest BCUT2D eigenvalue weighted by Gasteiger charge is -2.28. The first-order valence-electron chi connectivity index (χ1n) is 11.0. The fraction of sp³-hybridized carbons (Fsp3) is 0.320. The van der Waals surface area contributed by atoms with E-state index in [1.807, 2.05) is 13.0 Å². The Kier molecular flexibility index (Phi) is 6.75. The number of nitrogens with zero attached hydrogens (tertiary/aromatic N) is 3. The summed E-state index contributed by atoms with van der Waals surface area (Å²) < 4.78 is 60.5. The van der Waals surface area contributed by atoms with E-state index in [9.17, 15) is 27.5 Å². The molecule has 1 aliphatic heterocycles. The van der Waals surface area contributed by atoms with Gasteiger partial charge in [-0.3, -0.25) is 0 Å². The van der Waals surface area contributed by atoms with Crippen molar-refractivity contribution in [1.82, 2.24) is 9.97 Å². The van der Waals surface area contributed by atoms with Crippen LogP contribution in [0.15, 0.2) is 48.5 Å². The number of alkyl halides is 3. The van der Waals surface area contributed by atoms with Crippen molar-refractivity contribution < 1.29 is 32.2 Å². The maximum Gasteiger partial charge on any atom is 0.451 e. The molecule has 1 aromatic heterocycles. The zero-order valence-electron chi connectivity index (χ0n) is 19.0. The highest BCUT2D eigenvalue weighted by molar-refractivity contribution is 5.91. The topological polar surface area (TPSA) is 75.6 Å². The molecule has 0 aliphatic carbocycles. The standard InChI is InChI=1S/C25H23F4N3O3/c1-3-35-23(34)19-12-18(33)13-32(19)22-20(16-6-4-5-14(2)11-16)21(15-7-9-17(26)10-8-15)30-24(31-22)25(27,28)29/h4-11,18-19,33H,3,12-13H2,1-2H3/t18-,19+/m1/s1. The van der Waals surface area contributed by atoms with Crippen LogP contribution in [0.2, 0.25) is 0 Å². The molecule has 4 rings (SSSR count). The smallest absolute Gasteiger partial charge is 0.451 e. The average molecular weight is 489 g/mol. The Balaban J connectivity index is 2.04. The van der Waals surface area contributed by atoms with Gasteiger partial charge in [0.25, 0.3) is 0 Å². The molecule has 35 heavy (non-hydrogen) atoms. The molecule has 0 saturated carbocycles. The predicted octanol–water partition coefficient (Wildman–Crippen LogP) is 4.78. The van der Waals surface area contributed by atoms with Gasteiger partial charge in [0, 0.05) is 18.5 Å². The van der Waals surface area contributed by atoms with Crippen molar-refractivity contribution in [2.24, 2.45) is 0 Å². The van der Waals surface area contributed by atoms with Crippen LogP contribution in [-0.4, -0.2) is 46.3 Å². The van der Waals surface area contributed by atoms with E-state index in [0.29, 0.717) is 5.56 Å². The molecule has 1 saturated heterocycles. The number of aromatic nitrogens is 2. The Bertz CT molecular complexity index is 1230. The number of aliphatic hydroxyl groups is 1. The van der Waals surface area contributed by atoms with Gasteiger partial charge in [0.05, 0.1) is 24.0 Å². The minimum atomic E-state index is -4.90. The Hall–Kier alpha value is -3.53. The van der Waals surface area contributed by atoms with Crippen LogP contribution in [-0.2, 0) is 15.7 Å². The number of halogens is 4. The van der Waals surface area contributed by atoms with E-state index < -0.39 is 35.9 Å². The van der Waals surface area contributed by atoms with Crippen molar-refractivity contribution >= 4 is 11.8 Å². The van der Waals surface area contributed by atoms with Crippen LogP contribution in [0, 0.1) is 12.7 Å². The monoisotopic (exact) mass is 489 g/mol. The van der Waals surface area contributed by atoms with Crippen LogP contribution in [0.3, 0.4) is 0 Å². The van der Waals surface area contributed by atoms with Crippen molar-refractivity contribution in [3.05, 3.63) is 65.7 Å². The molecule has 2 heterocycles. The van der Waals surface area contributed by atoms with Gasteiger partial charge in [-0.15, -0.1) is 0 Å². The van der Waals surface area contributed by atoms with Crippen LogP contribution in [0.5, 0.6) is 0 Å². The molecular weight excluding hydrogens is 466 g/mol. The minimum Gasteiger partial charge on any atom is -0.464 e. The number of benzene rings is 2. The highest BCUT2D eigenvalue weighted by Crippen LogP contribution is 2.42. The van der Waals surface area contributed by atoms with Crippen molar-refractivity contribution in [3.63, 3.8) is 0 Å². The Morgan fingerprint density at radius 1 is 1.14 bits per heavy atom. The molecule has 1 fully saturated rings. The number of carbonyl (C=O) groups is 1. The van der Waals surface area contributed by atoms with Gasteiger partial charge in [0.2, 0.25) is 5.82 Å². The third kappa shape index (κ3) is 5.12. The minimum absolute atomic E-state index is 0.0245. The van der Waals surface area contributed by atoms with Crippen LogP contribution in [0.25, 0.3) is 22.4 Å². The highest BCUT2D eigenvalue weighted by Gasteiger charge is 2.42. The SMILES string of the molecule is CCOC(=O)[C@@H]1C[C@@H](O)CN1c1nc(C(F)(F)F)nc(-c2ccc(F)cc2)c1-c1cccc(C)c1. The summed E-state index contributed by atoms with van der Waals surface area (Å²) in [5.41, 5.74) is 1.75. The van der Waals surface area contributed by atoms with Gasteiger partial charge in [0.1, 0.15) is 17.7 Å². The van der Waals surface area contributed by atoms with Gasteiger partial charge < -0.3 is 14.7 Å². The van der Waals surface area contributed by atoms with E-state index in [0.717, 1.165) is 17.7 Å². The number of rotatable bonds is 5. The average Bonchev–Trinajstić information content (AvgIpc) is 3.20. The summed E-state index contributed by atoms with van der Waals surface area (Å²) in [4.78, 5) is 21.7. The molecule has 6 nitrogen and oxygen atoms in total. The van der Waals surface area contributed by atoms with Gasteiger partial charge in [-0.1, -0.05) is 29.8 Å². The van der Waals surface area contributed by atoms with Crippen LogP contribution in [0.1, 0.15) is 24.7 Å². The molecule has 2 atom stereocenters.